The van der Waals surface area contributed by atoms with Crippen LogP contribution >= 0.6 is 22.9 Å². The highest BCUT2D eigenvalue weighted by Crippen LogP contribution is 2.25. The molecule has 0 aliphatic rings. The minimum absolute atomic E-state index is 0.0396. The number of carbonyl (C=O) groups excluding carboxylic acids is 1. The Balaban J connectivity index is 1.65. The quantitative estimate of drug-likeness (QED) is 0.544. The van der Waals surface area contributed by atoms with Crippen molar-refractivity contribution in [3.8, 4) is 11.3 Å². The van der Waals surface area contributed by atoms with Gasteiger partial charge in [-0.3, -0.25) is 9.20 Å². The standard InChI is InChI=1S/C18H11ClFN3OS/c19-13-8-12(6-7-14(13)20)21-17(24)16-10-25-18-22-15(9-23(16)18)11-4-2-1-3-5-11/h1-10H,(H,21,24). The SMILES string of the molecule is O=C(Nc1ccc(F)c(Cl)c1)c1csc2nc(-c3ccccc3)cn12. The van der Waals surface area contributed by atoms with Crippen LogP contribution in [0.15, 0.2) is 60.1 Å². The fraction of sp³-hybridized carbons (Fsp3) is 0. The smallest absolute Gasteiger partial charge is 0.273 e. The molecule has 4 aromatic rings. The topological polar surface area (TPSA) is 46.4 Å². The molecule has 7 heteroatoms. The van der Waals surface area contributed by atoms with Crippen LogP contribution < -0.4 is 5.32 Å². The molecule has 0 saturated heterocycles. The first-order valence-corrected chi connectivity index (χ1v) is 8.66. The van der Waals surface area contributed by atoms with Crippen molar-refractivity contribution in [2.75, 3.05) is 5.32 Å². The van der Waals surface area contributed by atoms with Crippen LogP contribution in [0.1, 0.15) is 10.5 Å². The Morgan fingerprint density at radius 1 is 1.20 bits per heavy atom. The number of imidazole rings is 1. The molecule has 2 aromatic heterocycles. The summed E-state index contributed by atoms with van der Waals surface area (Å²) in [5.41, 5.74) is 2.66. The number of fused-ring (bicyclic) bond motifs is 1. The van der Waals surface area contributed by atoms with Gasteiger partial charge in [0.05, 0.1) is 10.7 Å². The first kappa shape index (κ1) is 15.8. The van der Waals surface area contributed by atoms with Gasteiger partial charge in [-0.2, -0.15) is 0 Å². The van der Waals surface area contributed by atoms with Crippen LogP contribution in [-0.4, -0.2) is 15.3 Å². The molecule has 0 spiro atoms. The summed E-state index contributed by atoms with van der Waals surface area (Å²) in [4.78, 5) is 17.8. The Morgan fingerprint density at radius 3 is 2.76 bits per heavy atom. The van der Waals surface area contributed by atoms with Crippen molar-refractivity contribution in [2.24, 2.45) is 0 Å². The fourth-order valence-corrected chi connectivity index (χ4v) is 3.50. The van der Waals surface area contributed by atoms with E-state index in [0.29, 0.717) is 11.4 Å². The van der Waals surface area contributed by atoms with Gasteiger partial charge in [0.2, 0.25) is 0 Å². The number of aromatic nitrogens is 2. The average Bonchev–Trinajstić information content (AvgIpc) is 3.19. The monoisotopic (exact) mass is 371 g/mol. The molecule has 4 nitrogen and oxygen atoms in total. The molecule has 1 N–H and O–H groups in total. The summed E-state index contributed by atoms with van der Waals surface area (Å²) in [6.45, 7) is 0. The van der Waals surface area contributed by atoms with Gasteiger partial charge in [0.25, 0.3) is 5.91 Å². The Bertz CT molecular complexity index is 1070. The van der Waals surface area contributed by atoms with E-state index < -0.39 is 5.82 Å². The third-order valence-corrected chi connectivity index (χ3v) is 4.82. The van der Waals surface area contributed by atoms with Crippen molar-refractivity contribution in [3.05, 3.63) is 76.6 Å². The van der Waals surface area contributed by atoms with Gasteiger partial charge in [-0.05, 0) is 18.2 Å². The van der Waals surface area contributed by atoms with Gasteiger partial charge in [0.15, 0.2) is 4.96 Å². The number of hydrogen-bond donors (Lipinski definition) is 1. The van der Waals surface area contributed by atoms with Crippen molar-refractivity contribution in [3.63, 3.8) is 0 Å². The molecule has 0 aliphatic heterocycles. The van der Waals surface area contributed by atoms with Gasteiger partial charge in [-0.15, -0.1) is 11.3 Å². The van der Waals surface area contributed by atoms with Gasteiger partial charge in [0.1, 0.15) is 11.5 Å². The molecule has 2 heterocycles. The number of nitrogens with one attached hydrogen (secondary N) is 1. The maximum atomic E-state index is 13.2. The van der Waals surface area contributed by atoms with E-state index in [2.05, 4.69) is 10.3 Å². The molecule has 25 heavy (non-hydrogen) atoms. The molecule has 2 aromatic carbocycles. The molecular weight excluding hydrogens is 361 g/mol. The number of anilines is 1. The number of benzene rings is 2. The lowest BCUT2D eigenvalue weighted by atomic mass is 10.2. The molecule has 0 bridgehead atoms. The first-order valence-electron chi connectivity index (χ1n) is 7.40. The second-order valence-electron chi connectivity index (χ2n) is 5.35. The van der Waals surface area contributed by atoms with Crippen LogP contribution in [0.3, 0.4) is 0 Å². The Labute approximate surface area is 151 Å². The molecule has 124 valence electrons. The van der Waals surface area contributed by atoms with Crippen LogP contribution in [0.2, 0.25) is 5.02 Å². The molecule has 0 radical (unpaired) electrons. The summed E-state index contributed by atoms with van der Waals surface area (Å²) in [6.07, 6.45) is 1.83. The zero-order valence-corrected chi connectivity index (χ0v) is 14.3. The maximum absolute atomic E-state index is 13.2. The number of halogens is 2. The van der Waals surface area contributed by atoms with E-state index >= 15 is 0 Å². The predicted octanol–water partition coefficient (Wildman–Crippen LogP) is 5.11. The molecule has 0 unspecified atom stereocenters. The van der Waals surface area contributed by atoms with E-state index in [1.165, 1.54) is 29.5 Å². The summed E-state index contributed by atoms with van der Waals surface area (Å²) < 4.78 is 15.0. The van der Waals surface area contributed by atoms with Crippen molar-refractivity contribution in [1.29, 1.82) is 0 Å². The lowest BCUT2D eigenvalue weighted by Gasteiger charge is -2.05. The van der Waals surface area contributed by atoms with Crippen molar-refractivity contribution in [2.45, 2.75) is 0 Å². The van der Waals surface area contributed by atoms with Crippen LogP contribution in [0.25, 0.3) is 16.2 Å². The van der Waals surface area contributed by atoms with Gasteiger partial charge < -0.3 is 5.32 Å². The van der Waals surface area contributed by atoms with Gasteiger partial charge in [-0.25, -0.2) is 9.37 Å². The molecule has 0 atom stereocenters. The molecule has 0 aliphatic carbocycles. The number of thiazole rings is 1. The zero-order valence-electron chi connectivity index (χ0n) is 12.7. The summed E-state index contributed by atoms with van der Waals surface area (Å²) >= 11 is 7.13. The number of nitrogens with zero attached hydrogens (tertiary/aromatic N) is 2. The van der Waals surface area contributed by atoms with Crippen LogP contribution in [-0.2, 0) is 0 Å². The average molecular weight is 372 g/mol. The minimum Gasteiger partial charge on any atom is -0.321 e. The Hall–Kier alpha value is -2.70. The van der Waals surface area contributed by atoms with Gasteiger partial charge in [-0.1, -0.05) is 41.9 Å². The number of amides is 1. The van der Waals surface area contributed by atoms with Gasteiger partial charge in [0, 0.05) is 22.8 Å². The summed E-state index contributed by atoms with van der Waals surface area (Å²) in [5.74, 6) is -0.842. The van der Waals surface area contributed by atoms with E-state index in [9.17, 15) is 9.18 Å². The second kappa shape index (κ2) is 6.31. The number of rotatable bonds is 3. The van der Waals surface area contributed by atoms with Crippen molar-refractivity contribution >= 4 is 39.5 Å². The molecule has 4 rings (SSSR count). The van der Waals surface area contributed by atoms with Crippen LogP contribution in [0, 0.1) is 5.82 Å². The highest BCUT2D eigenvalue weighted by molar-refractivity contribution is 7.15. The van der Waals surface area contributed by atoms with E-state index in [1.807, 2.05) is 36.5 Å². The Morgan fingerprint density at radius 2 is 2.00 bits per heavy atom. The first-order chi connectivity index (χ1) is 12.1. The third-order valence-electron chi connectivity index (χ3n) is 3.69. The lowest BCUT2D eigenvalue weighted by Crippen LogP contribution is -2.13. The minimum atomic E-state index is -0.528. The number of hydrogen-bond acceptors (Lipinski definition) is 3. The summed E-state index contributed by atoms with van der Waals surface area (Å²) in [7, 11) is 0. The van der Waals surface area contributed by atoms with E-state index in [4.69, 9.17) is 11.6 Å². The third kappa shape index (κ3) is 3.01. The van der Waals surface area contributed by atoms with E-state index in [0.717, 1.165) is 16.2 Å². The summed E-state index contributed by atoms with van der Waals surface area (Å²) in [6, 6.07) is 13.8. The predicted molar refractivity (Wildman–Crippen MR) is 97.9 cm³/mol. The van der Waals surface area contributed by atoms with Crippen LogP contribution in [0.4, 0.5) is 10.1 Å². The Kier molecular flexibility index (Phi) is 3.99. The lowest BCUT2D eigenvalue weighted by molar-refractivity contribution is 0.102. The summed E-state index contributed by atoms with van der Waals surface area (Å²) in [5, 5.41) is 4.42. The highest BCUT2D eigenvalue weighted by Gasteiger charge is 2.16. The van der Waals surface area contributed by atoms with E-state index in [-0.39, 0.29) is 10.9 Å². The molecule has 0 saturated carbocycles. The highest BCUT2D eigenvalue weighted by atomic mass is 35.5. The zero-order chi connectivity index (χ0) is 17.4. The largest absolute Gasteiger partial charge is 0.321 e. The van der Waals surface area contributed by atoms with E-state index in [1.54, 1.807) is 9.78 Å². The fourth-order valence-electron chi connectivity index (χ4n) is 2.46. The molecular formula is C18H11ClFN3OS. The molecule has 0 fully saturated rings. The maximum Gasteiger partial charge on any atom is 0.273 e. The van der Waals surface area contributed by atoms with Gasteiger partial charge >= 0.3 is 0 Å². The van der Waals surface area contributed by atoms with Crippen molar-refractivity contribution in [1.82, 2.24) is 9.38 Å². The van der Waals surface area contributed by atoms with Crippen LogP contribution in [0.5, 0.6) is 0 Å². The number of carbonyl (C=O) groups is 1. The second-order valence-corrected chi connectivity index (χ2v) is 6.59. The molecule has 1 amide bonds. The normalized spacial score (nSPS) is 11.0. The van der Waals surface area contributed by atoms with Crippen molar-refractivity contribution < 1.29 is 9.18 Å².